The maximum atomic E-state index is 12.1. The molecule has 1 aliphatic heterocycles. The van der Waals surface area contributed by atoms with Crippen molar-refractivity contribution in [1.82, 2.24) is 4.90 Å². The largest absolute Gasteiger partial charge is 0.494 e. The van der Waals surface area contributed by atoms with E-state index in [0.29, 0.717) is 19.1 Å². The van der Waals surface area contributed by atoms with Gasteiger partial charge in [0.1, 0.15) is 5.75 Å². The molecule has 4 heteroatoms. The summed E-state index contributed by atoms with van der Waals surface area (Å²) in [5.74, 6) is 3.48. The molecule has 1 saturated heterocycles. The highest BCUT2D eigenvalue weighted by atomic mass is 32.2. The molecule has 1 aliphatic rings. The molecule has 0 N–H and O–H groups in total. The van der Waals surface area contributed by atoms with Gasteiger partial charge in [0.05, 0.1) is 6.61 Å². The Morgan fingerprint density at radius 1 is 1.30 bits per heavy atom. The molecule has 0 spiro atoms. The number of ether oxygens (including phenoxy) is 1. The van der Waals surface area contributed by atoms with Crippen molar-refractivity contribution in [3.8, 4) is 5.75 Å². The summed E-state index contributed by atoms with van der Waals surface area (Å²) in [6.45, 7) is 0.601. The SMILES string of the molecule is CN(C(=O)CCCOc1ccccc1)C1CCSCC1. The Bertz CT molecular complexity index is 404. The predicted molar refractivity (Wildman–Crippen MR) is 84.3 cm³/mol. The summed E-state index contributed by atoms with van der Waals surface area (Å²) in [6, 6.07) is 10.2. The fourth-order valence-electron chi connectivity index (χ4n) is 2.38. The van der Waals surface area contributed by atoms with Crippen LogP contribution in [0.2, 0.25) is 0 Å². The molecule has 0 bridgehead atoms. The molecule has 0 atom stereocenters. The number of hydrogen-bond acceptors (Lipinski definition) is 3. The quantitative estimate of drug-likeness (QED) is 0.754. The number of amides is 1. The van der Waals surface area contributed by atoms with Crippen molar-refractivity contribution >= 4 is 17.7 Å². The van der Waals surface area contributed by atoms with Crippen molar-refractivity contribution < 1.29 is 9.53 Å². The van der Waals surface area contributed by atoms with Crippen molar-refractivity contribution in [3.63, 3.8) is 0 Å². The van der Waals surface area contributed by atoms with Crippen molar-refractivity contribution in [2.75, 3.05) is 25.2 Å². The molecular weight excluding hydrogens is 270 g/mol. The van der Waals surface area contributed by atoms with Gasteiger partial charge in [0.15, 0.2) is 0 Å². The number of nitrogens with zero attached hydrogens (tertiary/aromatic N) is 1. The summed E-state index contributed by atoms with van der Waals surface area (Å²) in [7, 11) is 1.95. The Morgan fingerprint density at radius 2 is 2.00 bits per heavy atom. The molecule has 1 aromatic carbocycles. The first-order valence-electron chi connectivity index (χ1n) is 7.28. The molecule has 110 valence electrons. The highest BCUT2D eigenvalue weighted by Gasteiger charge is 2.21. The molecule has 0 saturated carbocycles. The number of rotatable bonds is 6. The Balaban J connectivity index is 1.64. The number of carbonyl (C=O) groups excluding carboxylic acids is 1. The van der Waals surface area contributed by atoms with Crippen LogP contribution in [0.3, 0.4) is 0 Å². The molecule has 2 rings (SSSR count). The van der Waals surface area contributed by atoms with Gasteiger partial charge in [0.2, 0.25) is 5.91 Å². The van der Waals surface area contributed by atoms with Crippen LogP contribution in [-0.2, 0) is 4.79 Å². The van der Waals surface area contributed by atoms with E-state index in [1.807, 2.05) is 54.0 Å². The summed E-state index contributed by atoms with van der Waals surface area (Å²) in [6.07, 6.45) is 3.62. The lowest BCUT2D eigenvalue weighted by atomic mass is 10.1. The van der Waals surface area contributed by atoms with Gasteiger partial charge in [-0.25, -0.2) is 0 Å². The lowest BCUT2D eigenvalue weighted by Gasteiger charge is -2.31. The molecule has 0 aromatic heterocycles. The lowest BCUT2D eigenvalue weighted by molar-refractivity contribution is -0.132. The zero-order chi connectivity index (χ0) is 14.2. The average molecular weight is 293 g/mol. The van der Waals surface area contributed by atoms with Crippen molar-refractivity contribution in [1.29, 1.82) is 0 Å². The zero-order valence-electron chi connectivity index (χ0n) is 12.1. The summed E-state index contributed by atoms with van der Waals surface area (Å²) >= 11 is 1.99. The van der Waals surface area contributed by atoms with Gasteiger partial charge in [0, 0.05) is 19.5 Å². The van der Waals surface area contributed by atoms with Gasteiger partial charge in [-0.05, 0) is 42.9 Å². The topological polar surface area (TPSA) is 29.5 Å². The van der Waals surface area contributed by atoms with Crippen LogP contribution in [0.15, 0.2) is 30.3 Å². The lowest BCUT2D eigenvalue weighted by Crippen LogP contribution is -2.39. The number of benzene rings is 1. The Kier molecular flexibility index (Phi) is 6.25. The minimum absolute atomic E-state index is 0.249. The second-order valence-corrected chi connectivity index (χ2v) is 6.34. The van der Waals surface area contributed by atoms with Crippen molar-refractivity contribution in [2.45, 2.75) is 31.7 Å². The Labute approximate surface area is 125 Å². The van der Waals surface area contributed by atoms with Crippen LogP contribution >= 0.6 is 11.8 Å². The summed E-state index contributed by atoms with van der Waals surface area (Å²) < 4.78 is 5.61. The van der Waals surface area contributed by atoms with E-state index in [4.69, 9.17) is 4.74 Å². The van der Waals surface area contributed by atoms with Gasteiger partial charge in [-0.1, -0.05) is 18.2 Å². The summed E-state index contributed by atoms with van der Waals surface area (Å²) in [5.41, 5.74) is 0. The number of para-hydroxylation sites is 1. The zero-order valence-corrected chi connectivity index (χ0v) is 12.9. The smallest absolute Gasteiger partial charge is 0.222 e. The van der Waals surface area contributed by atoms with Gasteiger partial charge < -0.3 is 9.64 Å². The fraction of sp³-hybridized carbons (Fsp3) is 0.562. The maximum Gasteiger partial charge on any atom is 0.222 e. The van der Waals surface area contributed by atoms with Gasteiger partial charge in [-0.3, -0.25) is 4.79 Å². The molecule has 1 fully saturated rings. The van der Waals surface area contributed by atoms with Crippen LogP contribution < -0.4 is 4.74 Å². The van der Waals surface area contributed by atoms with E-state index in [-0.39, 0.29) is 5.91 Å². The van der Waals surface area contributed by atoms with Crippen molar-refractivity contribution in [2.24, 2.45) is 0 Å². The first-order valence-corrected chi connectivity index (χ1v) is 8.44. The minimum Gasteiger partial charge on any atom is -0.494 e. The molecule has 1 amide bonds. The first-order chi connectivity index (χ1) is 9.77. The van der Waals surface area contributed by atoms with Crippen LogP contribution in [0.5, 0.6) is 5.75 Å². The van der Waals surface area contributed by atoms with Crippen LogP contribution in [0, 0.1) is 0 Å². The molecule has 0 radical (unpaired) electrons. The van der Waals surface area contributed by atoms with Crippen molar-refractivity contribution in [3.05, 3.63) is 30.3 Å². The Morgan fingerprint density at radius 3 is 2.70 bits per heavy atom. The van der Waals surface area contributed by atoms with E-state index in [9.17, 15) is 4.79 Å². The number of hydrogen-bond donors (Lipinski definition) is 0. The van der Waals surface area contributed by atoms with E-state index >= 15 is 0 Å². The van der Waals surface area contributed by atoms with E-state index in [1.165, 1.54) is 11.5 Å². The molecule has 3 nitrogen and oxygen atoms in total. The predicted octanol–water partition coefficient (Wildman–Crippen LogP) is 3.20. The van der Waals surface area contributed by atoms with Gasteiger partial charge >= 0.3 is 0 Å². The van der Waals surface area contributed by atoms with Crippen LogP contribution in [0.25, 0.3) is 0 Å². The number of carbonyl (C=O) groups is 1. The molecule has 20 heavy (non-hydrogen) atoms. The third kappa shape index (κ3) is 4.75. The van der Waals surface area contributed by atoms with E-state index in [1.54, 1.807) is 0 Å². The Hall–Kier alpha value is -1.16. The van der Waals surface area contributed by atoms with Gasteiger partial charge in [-0.15, -0.1) is 0 Å². The van der Waals surface area contributed by atoms with Crippen LogP contribution in [-0.4, -0.2) is 42.0 Å². The third-order valence-corrected chi connectivity index (χ3v) is 4.73. The second kappa shape index (κ2) is 8.20. The highest BCUT2D eigenvalue weighted by Crippen LogP contribution is 2.21. The van der Waals surface area contributed by atoms with E-state index in [2.05, 4.69) is 0 Å². The van der Waals surface area contributed by atoms with Gasteiger partial charge in [0.25, 0.3) is 0 Å². The number of thioether (sulfide) groups is 1. The molecule has 0 aliphatic carbocycles. The third-order valence-electron chi connectivity index (χ3n) is 3.68. The maximum absolute atomic E-state index is 12.1. The first kappa shape index (κ1) is 15.2. The molecule has 1 heterocycles. The average Bonchev–Trinajstić information content (AvgIpc) is 2.52. The summed E-state index contributed by atoms with van der Waals surface area (Å²) in [5, 5.41) is 0. The monoisotopic (exact) mass is 293 g/mol. The highest BCUT2D eigenvalue weighted by molar-refractivity contribution is 7.99. The summed E-state index contributed by atoms with van der Waals surface area (Å²) in [4.78, 5) is 14.1. The standard InChI is InChI=1S/C16H23NO2S/c1-17(14-9-12-20-13-10-14)16(18)8-5-11-19-15-6-3-2-4-7-15/h2-4,6-7,14H,5,8-13H2,1H3. The molecular formula is C16H23NO2S. The van der Waals surface area contributed by atoms with E-state index in [0.717, 1.165) is 25.0 Å². The molecule has 0 unspecified atom stereocenters. The van der Waals surface area contributed by atoms with E-state index < -0.39 is 0 Å². The minimum atomic E-state index is 0.249. The van der Waals surface area contributed by atoms with Crippen LogP contribution in [0.1, 0.15) is 25.7 Å². The van der Waals surface area contributed by atoms with Crippen LogP contribution in [0.4, 0.5) is 0 Å². The fourth-order valence-corrected chi connectivity index (χ4v) is 3.46. The normalized spacial score (nSPS) is 15.8. The molecule has 1 aromatic rings. The van der Waals surface area contributed by atoms with Gasteiger partial charge in [-0.2, -0.15) is 11.8 Å². The second-order valence-electron chi connectivity index (χ2n) is 5.11.